The van der Waals surface area contributed by atoms with E-state index in [2.05, 4.69) is 31.5 Å². The topological polar surface area (TPSA) is 71.1 Å². The van der Waals surface area contributed by atoms with Gasteiger partial charge in [0.1, 0.15) is 5.01 Å². The van der Waals surface area contributed by atoms with Gasteiger partial charge in [-0.25, -0.2) is 4.98 Å². The molecule has 0 unspecified atom stereocenters. The summed E-state index contributed by atoms with van der Waals surface area (Å²) in [5.41, 5.74) is 2.80. The lowest BCUT2D eigenvalue weighted by molar-refractivity contribution is 0.0949. The Bertz CT molecular complexity index is 1340. The number of carbonyl (C=O) groups is 2. The lowest BCUT2D eigenvalue weighted by atomic mass is 10.1. The van der Waals surface area contributed by atoms with Crippen LogP contribution in [-0.4, -0.2) is 16.8 Å². The van der Waals surface area contributed by atoms with Crippen LogP contribution in [0.4, 0.5) is 5.69 Å². The van der Waals surface area contributed by atoms with Gasteiger partial charge in [-0.15, -0.1) is 11.3 Å². The molecule has 1 aliphatic rings. The van der Waals surface area contributed by atoms with E-state index in [1.807, 2.05) is 48.5 Å². The number of hydrogen-bond donors (Lipinski definition) is 2. The third-order valence-corrected chi connectivity index (χ3v) is 7.64. The van der Waals surface area contributed by atoms with Crippen molar-refractivity contribution in [2.75, 3.05) is 5.32 Å². The molecular weight excluding hydrogens is 506 g/mol. The van der Waals surface area contributed by atoms with E-state index in [0.29, 0.717) is 23.4 Å². The first-order valence-electron chi connectivity index (χ1n) is 9.78. The van der Waals surface area contributed by atoms with E-state index in [1.165, 1.54) is 11.8 Å². The summed E-state index contributed by atoms with van der Waals surface area (Å²) in [5, 5.41) is 6.77. The molecule has 5 rings (SSSR count). The Hall–Kier alpha value is -2.94. The molecule has 0 saturated carbocycles. The second-order valence-electron chi connectivity index (χ2n) is 7.08. The Morgan fingerprint density at radius 2 is 1.84 bits per heavy atom. The van der Waals surface area contributed by atoms with E-state index in [0.717, 1.165) is 29.7 Å². The van der Waals surface area contributed by atoms with Crippen LogP contribution < -0.4 is 10.6 Å². The molecule has 0 bridgehead atoms. The SMILES string of the molecule is O=C(NCc1cnc(-c2ccc(Br)cc2)s1)c1ccc2c(c1)NC(=O)c1ccccc1S2. The van der Waals surface area contributed by atoms with E-state index in [4.69, 9.17) is 0 Å². The average Bonchev–Trinajstić information content (AvgIpc) is 3.23. The molecular formula is C24H16BrN3O2S2. The molecule has 2 N–H and O–H groups in total. The van der Waals surface area contributed by atoms with Crippen molar-refractivity contribution < 1.29 is 9.59 Å². The maximum Gasteiger partial charge on any atom is 0.256 e. The van der Waals surface area contributed by atoms with E-state index in [-0.39, 0.29) is 11.8 Å². The largest absolute Gasteiger partial charge is 0.347 e. The molecule has 0 spiro atoms. The highest BCUT2D eigenvalue weighted by Gasteiger charge is 2.20. The van der Waals surface area contributed by atoms with Gasteiger partial charge in [-0.2, -0.15) is 0 Å². The molecule has 0 fully saturated rings. The second kappa shape index (κ2) is 8.90. The summed E-state index contributed by atoms with van der Waals surface area (Å²) in [6, 6.07) is 20.8. The van der Waals surface area contributed by atoms with Gasteiger partial charge in [0, 0.05) is 36.5 Å². The van der Waals surface area contributed by atoms with Crippen LogP contribution >= 0.6 is 39.0 Å². The number of benzene rings is 3. The molecule has 3 aromatic carbocycles. The van der Waals surface area contributed by atoms with Crippen LogP contribution in [-0.2, 0) is 6.54 Å². The first kappa shape index (κ1) is 20.9. The van der Waals surface area contributed by atoms with Gasteiger partial charge in [0.25, 0.3) is 11.8 Å². The van der Waals surface area contributed by atoms with Gasteiger partial charge in [0.15, 0.2) is 0 Å². The number of halogens is 1. The monoisotopic (exact) mass is 521 g/mol. The van der Waals surface area contributed by atoms with Crippen LogP contribution in [0.3, 0.4) is 0 Å². The molecule has 8 heteroatoms. The predicted octanol–water partition coefficient (Wildman–Crippen LogP) is 6.22. The standard InChI is InChI=1S/C24H16BrN3O2S2/c25-16-8-5-14(6-9-16)24-27-13-17(31-24)12-26-22(29)15-7-10-21-19(11-15)28-23(30)18-3-1-2-4-20(18)32-21/h1-11,13H,12H2,(H,26,29)(H,28,30). The molecule has 4 aromatic rings. The Morgan fingerprint density at radius 1 is 1.03 bits per heavy atom. The van der Waals surface area contributed by atoms with Crippen molar-refractivity contribution in [1.29, 1.82) is 0 Å². The second-order valence-corrected chi connectivity index (χ2v) is 10.2. The van der Waals surface area contributed by atoms with Gasteiger partial charge in [0.05, 0.1) is 17.8 Å². The highest BCUT2D eigenvalue weighted by molar-refractivity contribution is 9.10. The molecule has 32 heavy (non-hydrogen) atoms. The number of nitrogens with one attached hydrogen (secondary N) is 2. The number of carbonyl (C=O) groups excluding carboxylic acids is 2. The van der Waals surface area contributed by atoms with Gasteiger partial charge in [0.2, 0.25) is 0 Å². The van der Waals surface area contributed by atoms with Crippen molar-refractivity contribution in [3.05, 3.63) is 93.4 Å². The minimum absolute atomic E-state index is 0.172. The molecule has 0 saturated heterocycles. The van der Waals surface area contributed by atoms with Gasteiger partial charge in [-0.1, -0.05) is 52.0 Å². The summed E-state index contributed by atoms with van der Waals surface area (Å²) >= 11 is 6.50. The van der Waals surface area contributed by atoms with Gasteiger partial charge in [-0.3, -0.25) is 9.59 Å². The van der Waals surface area contributed by atoms with E-state index in [1.54, 1.807) is 35.7 Å². The van der Waals surface area contributed by atoms with Crippen molar-refractivity contribution in [2.45, 2.75) is 16.3 Å². The maximum atomic E-state index is 12.8. The molecule has 1 aromatic heterocycles. The summed E-state index contributed by atoms with van der Waals surface area (Å²) in [5.74, 6) is -0.373. The minimum atomic E-state index is -0.201. The Labute approximate surface area is 201 Å². The lowest BCUT2D eigenvalue weighted by Gasteiger charge is -2.09. The fraction of sp³-hybridized carbons (Fsp3) is 0.0417. The van der Waals surface area contributed by atoms with E-state index in [9.17, 15) is 9.59 Å². The fourth-order valence-corrected chi connectivity index (χ4v) is 5.43. The highest BCUT2D eigenvalue weighted by Crippen LogP contribution is 2.39. The Morgan fingerprint density at radius 3 is 2.69 bits per heavy atom. The molecule has 2 amide bonds. The summed E-state index contributed by atoms with van der Waals surface area (Å²) in [4.78, 5) is 32.5. The van der Waals surface area contributed by atoms with Crippen molar-refractivity contribution in [1.82, 2.24) is 10.3 Å². The normalized spacial score (nSPS) is 12.3. The average molecular weight is 522 g/mol. The number of thiazole rings is 1. The Kier molecular flexibility index (Phi) is 5.82. The minimum Gasteiger partial charge on any atom is -0.347 e. The van der Waals surface area contributed by atoms with Crippen molar-refractivity contribution in [3.8, 4) is 10.6 Å². The van der Waals surface area contributed by atoms with E-state index < -0.39 is 0 Å². The van der Waals surface area contributed by atoms with Crippen LogP contribution in [0.15, 0.2) is 87.2 Å². The number of amides is 2. The summed E-state index contributed by atoms with van der Waals surface area (Å²) in [7, 11) is 0. The smallest absolute Gasteiger partial charge is 0.256 e. The number of nitrogens with zero attached hydrogens (tertiary/aromatic N) is 1. The lowest BCUT2D eigenvalue weighted by Crippen LogP contribution is -2.22. The molecule has 5 nitrogen and oxygen atoms in total. The first-order valence-corrected chi connectivity index (χ1v) is 12.2. The highest BCUT2D eigenvalue weighted by atomic mass is 79.9. The third kappa shape index (κ3) is 4.34. The molecule has 1 aliphatic heterocycles. The van der Waals surface area contributed by atoms with Crippen molar-refractivity contribution in [3.63, 3.8) is 0 Å². The number of aromatic nitrogens is 1. The van der Waals surface area contributed by atoms with Crippen molar-refractivity contribution in [2.24, 2.45) is 0 Å². The molecule has 0 aliphatic carbocycles. The number of hydrogen-bond acceptors (Lipinski definition) is 5. The van der Waals surface area contributed by atoms with Crippen LogP contribution in [0.2, 0.25) is 0 Å². The van der Waals surface area contributed by atoms with Crippen molar-refractivity contribution >= 4 is 56.5 Å². The zero-order valence-corrected chi connectivity index (χ0v) is 19.8. The fourth-order valence-electron chi connectivity index (χ4n) is 3.29. The molecule has 0 radical (unpaired) electrons. The Balaban J connectivity index is 1.28. The first-order chi connectivity index (χ1) is 15.6. The number of anilines is 1. The number of rotatable bonds is 4. The third-order valence-electron chi connectivity index (χ3n) is 4.91. The quantitative estimate of drug-likeness (QED) is 0.334. The van der Waals surface area contributed by atoms with Gasteiger partial charge in [-0.05, 0) is 42.5 Å². The summed E-state index contributed by atoms with van der Waals surface area (Å²) in [6.07, 6.45) is 1.79. The van der Waals surface area contributed by atoms with Gasteiger partial charge < -0.3 is 10.6 Å². The summed E-state index contributed by atoms with van der Waals surface area (Å²) < 4.78 is 1.02. The molecule has 0 atom stereocenters. The van der Waals surface area contributed by atoms with E-state index >= 15 is 0 Å². The summed E-state index contributed by atoms with van der Waals surface area (Å²) in [6.45, 7) is 0.386. The number of fused-ring (bicyclic) bond motifs is 2. The predicted molar refractivity (Wildman–Crippen MR) is 131 cm³/mol. The van der Waals surface area contributed by atoms with Crippen LogP contribution in [0.25, 0.3) is 10.6 Å². The molecule has 2 heterocycles. The van der Waals surface area contributed by atoms with Crippen LogP contribution in [0.5, 0.6) is 0 Å². The maximum absolute atomic E-state index is 12.8. The van der Waals surface area contributed by atoms with Gasteiger partial charge >= 0.3 is 0 Å². The molecule has 158 valence electrons. The van der Waals surface area contributed by atoms with Crippen LogP contribution in [0, 0.1) is 0 Å². The van der Waals surface area contributed by atoms with Crippen LogP contribution in [0.1, 0.15) is 25.6 Å². The zero-order valence-electron chi connectivity index (χ0n) is 16.6. The zero-order chi connectivity index (χ0) is 22.1.